The van der Waals surface area contributed by atoms with Gasteiger partial charge >= 0.3 is 0 Å². The molecule has 0 atom stereocenters. The summed E-state index contributed by atoms with van der Waals surface area (Å²) in [5, 5.41) is 2.71. The summed E-state index contributed by atoms with van der Waals surface area (Å²) in [5.74, 6) is -2.19. The van der Waals surface area contributed by atoms with E-state index >= 15 is 0 Å². The second-order valence-corrected chi connectivity index (χ2v) is 5.84. The number of carbonyl (C=O) groups is 1. The maximum Gasteiger partial charge on any atom is 0.241 e. The molecule has 0 heterocycles. The summed E-state index contributed by atoms with van der Waals surface area (Å²) in [5.41, 5.74) is -0.0922. The number of carbonyl (C=O) groups excluding carboxylic acids is 1. The Morgan fingerprint density at radius 2 is 2.00 bits per heavy atom. The van der Waals surface area contributed by atoms with Crippen molar-refractivity contribution >= 4 is 23.2 Å². The molecule has 0 saturated heterocycles. The van der Waals surface area contributed by atoms with E-state index in [1.54, 1.807) is 11.9 Å². The lowest BCUT2D eigenvalue weighted by Crippen LogP contribution is -2.41. The van der Waals surface area contributed by atoms with Crippen LogP contribution in [0.25, 0.3) is 0 Å². The fourth-order valence-electron chi connectivity index (χ4n) is 2.65. The van der Waals surface area contributed by atoms with Crippen LogP contribution in [-0.2, 0) is 4.79 Å². The van der Waals surface area contributed by atoms with Gasteiger partial charge in [-0.05, 0) is 25.0 Å². The molecule has 1 aliphatic rings. The molecule has 2 rings (SSSR count). The van der Waals surface area contributed by atoms with Crippen molar-refractivity contribution in [1.29, 1.82) is 0 Å². The van der Waals surface area contributed by atoms with E-state index in [9.17, 15) is 13.6 Å². The molecule has 0 spiro atoms. The predicted octanol–water partition coefficient (Wildman–Crippen LogP) is 3.82. The van der Waals surface area contributed by atoms with Crippen LogP contribution in [0.1, 0.15) is 32.1 Å². The fraction of sp³-hybridized carbons (Fsp3) is 0.533. The molecule has 1 aromatic carbocycles. The fourth-order valence-corrected chi connectivity index (χ4v) is 2.86. The van der Waals surface area contributed by atoms with Gasteiger partial charge in [0.25, 0.3) is 0 Å². The second kappa shape index (κ2) is 7.07. The molecule has 1 aromatic rings. The van der Waals surface area contributed by atoms with E-state index < -0.39 is 11.6 Å². The molecule has 3 nitrogen and oxygen atoms in total. The lowest BCUT2D eigenvalue weighted by atomic mass is 9.94. The molecule has 0 bridgehead atoms. The van der Waals surface area contributed by atoms with Crippen molar-refractivity contribution in [2.75, 3.05) is 18.9 Å². The van der Waals surface area contributed by atoms with Crippen LogP contribution >= 0.6 is 11.6 Å². The van der Waals surface area contributed by atoms with Gasteiger partial charge in [0.05, 0.1) is 12.2 Å². The van der Waals surface area contributed by atoms with Gasteiger partial charge in [-0.3, -0.25) is 4.79 Å². The number of amides is 1. The Labute approximate surface area is 128 Å². The summed E-state index contributed by atoms with van der Waals surface area (Å²) in [6.07, 6.45) is 5.47. The number of hydrogen-bond donors (Lipinski definition) is 1. The summed E-state index contributed by atoms with van der Waals surface area (Å²) in [4.78, 5) is 13.8. The van der Waals surface area contributed by atoms with Crippen molar-refractivity contribution in [3.05, 3.63) is 28.8 Å². The molecule has 0 aliphatic heterocycles. The Morgan fingerprint density at radius 3 is 2.67 bits per heavy atom. The minimum absolute atomic E-state index is 0.0797. The summed E-state index contributed by atoms with van der Waals surface area (Å²) in [6.45, 7) is -0.0797. The van der Waals surface area contributed by atoms with Gasteiger partial charge in [-0.15, -0.1) is 0 Å². The van der Waals surface area contributed by atoms with E-state index in [-0.39, 0.29) is 29.2 Å². The average molecular weight is 317 g/mol. The Bertz CT molecular complexity index is 519. The van der Waals surface area contributed by atoms with Crippen molar-refractivity contribution < 1.29 is 13.6 Å². The van der Waals surface area contributed by atoms with Gasteiger partial charge in [-0.1, -0.05) is 30.9 Å². The smallest absolute Gasteiger partial charge is 0.241 e. The molecule has 1 N–H and O–H groups in total. The number of anilines is 1. The lowest BCUT2D eigenvalue weighted by Gasteiger charge is -2.31. The Hall–Kier alpha value is -1.36. The monoisotopic (exact) mass is 316 g/mol. The van der Waals surface area contributed by atoms with Crippen LogP contribution in [0.3, 0.4) is 0 Å². The predicted molar refractivity (Wildman–Crippen MR) is 79.5 cm³/mol. The molecule has 1 aliphatic carbocycles. The third-order valence-electron chi connectivity index (χ3n) is 3.94. The number of hydrogen-bond acceptors (Lipinski definition) is 2. The first kappa shape index (κ1) is 16.0. The third-order valence-corrected chi connectivity index (χ3v) is 4.16. The van der Waals surface area contributed by atoms with Crippen molar-refractivity contribution in [3.63, 3.8) is 0 Å². The zero-order valence-electron chi connectivity index (χ0n) is 12.0. The highest BCUT2D eigenvalue weighted by Crippen LogP contribution is 2.24. The van der Waals surface area contributed by atoms with Crippen LogP contribution in [0.15, 0.2) is 12.1 Å². The Balaban J connectivity index is 1.94. The second-order valence-electron chi connectivity index (χ2n) is 5.40. The Kier molecular flexibility index (Phi) is 5.39. The number of halogens is 3. The van der Waals surface area contributed by atoms with E-state index in [4.69, 9.17) is 11.6 Å². The van der Waals surface area contributed by atoms with Crippen LogP contribution in [0.2, 0.25) is 5.02 Å². The Morgan fingerprint density at radius 1 is 1.33 bits per heavy atom. The number of likely N-dealkylation sites (N-methyl/N-ethyl adjacent to an activating group) is 1. The van der Waals surface area contributed by atoms with Crippen molar-refractivity contribution in [2.24, 2.45) is 0 Å². The summed E-state index contributed by atoms with van der Waals surface area (Å²) in [7, 11) is 1.76. The van der Waals surface area contributed by atoms with Crippen LogP contribution < -0.4 is 5.32 Å². The number of rotatable bonds is 4. The molecule has 1 fully saturated rings. The maximum atomic E-state index is 13.6. The highest BCUT2D eigenvalue weighted by atomic mass is 35.5. The standard InChI is InChI=1S/C15H19ClF2N2O/c1-20(11-5-3-2-4-6-11)14(21)9-19-13-8-10(16)7-12(17)15(13)18/h7-8,11,19H,2-6,9H2,1H3. The van der Waals surface area contributed by atoms with Gasteiger partial charge in [0, 0.05) is 18.1 Å². The zero-order valence-corrected chi connectivity index (χ0v) is 12.7. The minimum atomic E-state index is -1.03. The maximum absolute atomic E-state index is 13.6. The van der Waals surface area contributed by atoms with Crippen LogP contribution in [0.4, 0.5) is 14.5 Å². The van der Waals surface area contributed by atoms with Gasteiger partial charge in [-0.25, -0.2) is 8.78 Å². The van der Waals surface area contributed by atoms with Gasteiger partial charge < -0.3 is 10.2 Å². The van der Waals surface area contributed by atoms with Crippen LogP contribution in [0, 0.1) is 11.6 Å². The molecule has 1 saturated carbocycles. The summed E-state index contributed by atoms with van der Waals surface area (Å²) >= 11 is 5.68. The van der Waals surface area contributed by atoms with Crippen LogP contribution in [-0.4, -0.2) is 30.4 Å². The molecule has 1 amide bonds. The quantitative estimate of drug-likeness (QED) is 0.856. The normalized spacial score (nSPS) is 15.8. The molecule has 0 radical (unpaired) electrons. The first-order chi connectivity index (χ1) is 9.99. The van der Waals surface area contributed by atoms with E-state index in [0.29, 0.717) is 0 Å². The number of nitrogens with one attached hydrogen (secondary N) is 1. The minimum Gasteiger partial charge on any atom is -0.374 e. The van der Waals surface area contributed by atoms with Crippen molar-refractivity contribution in [1.82, 2.24) is 4.90 Å². The van der Waals surface area contributed by atoms with Gasteiger partial charge in [0.15, 0.2) is 11.6 Å². The molecular weight excluding hydrogens is 298 g/mol. The van der Waals surface area contributed by atoms with Gasteiger partial charge in [0.1, 0.15) is 0 Å². The molecule has 21 heavy (non-hydrogen) atoms. The summed E-state index contributed by atoms with van der Waals surface area (Å²) < 4.78 is 26.8. The largest absolute Gasteiger partial charge is 0.374 e. The summed E-state index contributed by atoms with van der Waals surface area (Å²) in [6, 6.07) is 2.42. The lowest BCUT2D eigenvalue weighted by molar-refractivity contribution is -0.130. The van der Waals surface area contributed by atoms with E-state index in [2.05, 4.69) is 5.32 Å². The molecule has 0 unspecified atom stereocenters. The molecule has 116 valence electrons. The molecule has 0 aromatic heterocycles. The zero-order chi connectivity index (χ0) is 15.4. The number of benzene rings is 1. The number of nitrogens with zero attached hydrogens (tertiary/aromatic N) is 1. The van der Waals surface area contributed by atoms with Gasteiger partial charge in [-0.2, -0.15) is 0 Å². The van der Waals surface area contributed by atoms with E-state index in [0.717, 1.165) is 31.7 Å². The highest BCUT2D eigenvalue weighted by Gasteiger charge is 2.22. The first-order valence-electron chi connectivity index (χ1n) is 7.13. The molecular formula is C15H19ClF2N2O. The highest BCUT2D eigenvalue weighted by molar-refractivity contribution is 6.30. The topological polar surface area (TPSA) is 32.3 Å². The average Bonchev–Trinajstić information content (AvgIpc) is 2.49. The van der Waals surface area contributed by atoms with Gasteiger partial charge in [0.2, 0.25) is 5.91 Å². The van der Waals surface area contributed by atoms with Crippen LogP contribution in [0.5, 0.6) is 0 Å². The van der Waals surface area contributed by atoms with E-state index in [1.165, 1.54) is 12.5 Å². The third kappa shape index (κ3) is 4.06. The van der Waals surface area contributed by atoms with E-state index in [1.807, 2.05) is 0 Å². The first-order valence-corrected chi connectivity index (χ1v) is 7.51. The molecule has 6 heteroatoms. The van der Waals surface area contributed by atoms with Crippen molar-refractivity contribution in [3.8, 4) is 0 Å². The SMILES string of the molecule is CN(C(=O)CNc1cc(Cl)cc(F)c1F)C1CCCCC1. The van der Waals surface area contributed by atoms with Crippen molar-refractivity contribution in [2.45, 2.75) is 38.1 Å².